The number of halogens is 7. The first kappa shape index (κ1) is 34.1. The molecular weight excluding hydrogens is 692 g/mol. The van der Waals surface area contributed by atoms with Crippen LogP contribution >= 0.6 is 11.6 Å². The normalized spacial score (nSPS) is 21.7. The number of aliphatic hydroxyl groups is 1. The van der Waals surface area contributed by atoms with Gasteiger partial charge < -0.3 is 19.5 Å². The Hall–Kier alpha value is -4.39. The van der Waals surface area contributed by atoms with Gasteiger partial charge in [-0.05, 0) is 43.0 Å². The molecule has 50 heavy (non-hydrogen) atoms. The lowest BCUT2D eigenvalue weighted by molar-refractivity contribution is -0.189. The van der Waals surface area contributed by atoms with E-state index in [4.69, 9.17) is 22.8 Å². The van der Waals surface area contributed by atoms with Crippen molar-refractivity contribution in [2.45, 2.75) is 37.1 Å². The Morgan fingerprint density at radius 1 is 1.20 bits per heavy atom. The maximum Gasteiger partial charge on any atom is 0.491 e. The summed E-state index contributed by atoms with van der Waals surface area (Å²) in [5, 5.41) is 10.0. The third kappa shape index (κ3) is 5.72. The molecule has 9 nitrogen and oxygen atoms in total. The van der Waals surface area contributed by atoms with Gasteiger partial charge in [0.15, 0.2) is 5.82 Å². The topological polar surface area (TPSA) is 101 Å². The second-order valence-electron chi connectivity index (χ2n) is 13.0. The highest BCUT2D eigenvalue weighted by Gasteiger charge is 2.50. The predicted molar refractivity (Wildman–Crippen MR) is 171 cm³/mol. The number of benzene rings is 2. The number of ether oxygens (including phenoxy) is 2. The molecule has 16 heteroatoms. The minimum Gasteiger partial charge on any atom is -0.461 e. The number of alkyl halides is 5. The van der Waals surface area contributed by atoms with Gasteiger partial charge in [0.1, 0.15) is 41.4 Å². The molecule has 0 saturated carbocycles. The first-order valence-electron chi connectivity index (χ1n) is 15.6. The number of anilines is 1. The molecule has 2 atom stereocenters. The molecule has 2 aromatic carbocycles. The number of aromatic nitrogens is 3. The number of esters is 1. The summed E-state index contributed by atoms with van der Waals surface area (Å²) in [6.07, 6.45) is 2.27. The van der Waals surface area contributed by atoms with E-state index in [2.05, 4.69) is 25.6 Å². The van der Waals surface area contributed by atoms with Crippen molar-refractivity contribution in [2.24, 2.45) is 5.41 Å². The summed E-state index contributed by atoms with van der Waals surface area (Å²) < 4.78 is 96.2. The van der Waals surface area contributed by atoms with Gasteiger partial charge in [-0.25, -0.2) is 18.0 Å². The second-order valence-corrected chi connectivity index (χ2v) is 13.3. The zero-order valence-corrected chi connectivity index (χ0v) is 26.9. The minimum atomic E-state index is -5.34. The van der Waals surface area contributed by atoms with Crippen LogP contribution in [0, 0.1) is 29.4 Å². The molecule has 0 bridgehead atoms. The highest BCUT2D eigenvalue weighted by Crippen LogP contribution is 2.43. The third-order valence-electron chi connectivity index (χ3n) is 9.73. The van der Waals surface area contributed by atoms with Crippen LogP contribution in [-0.4, -0.2) is 94.1 Å². The number of rotatable bonds is 8. The van der Waals surface area contributed by atoms with E-state index in [1.54, 1.807) is 4.90 Å². The Morgan fingerprint density at radius 2 is 1.98 bits per heavy atom. The van der Waals surface area contributed by atoms with E-state index >= 15 is 4.39 Å². The van der Waals surface area contributed by atoms with Crippen LogP contribution in [0.1, 0.15) is 24.8 Å². The van der Waals surface area contributed by atoms with Gasteiger partial charge in [-0.2, -0.15) is 23.1 Å². The number of hydrogen-bond donors (Lipinski definition) is 1. The molecule has 0 spiro atoms. The number of pyridine rings is 1. The lowest BCUT2D eigenvalue weighted by atomic mass is 9.82. The van der Waals surface area contributed by atoms with E-state index in [1.165, 1.54) is 12.3 Å². The Kier molecular flexibility index (Phi) is 8.47. The van der Waals surface area contributed by atoms with Gasteiger partial charge in [-0.1, -0.05) is 12.0 Å². The van der Waals surface area contributed by atoms with Crippen molar-refractivity contribution in [2.75, 3.05) is 50.2 Å². The first-order chi connectivity index (χ1) is 23.8. The Morgan fingerprint density at radius 3 is 2.68 bits per heavy atom. The van der Waals surface area contributed by atoms with Gasteiger partial charge in [0.25, 0.3) is 0 Å². The van der Waals surface area contributed by atoms with Crippen molar-refractivity contribution in [3.8, 4) is 35.4 Å². The van der Waals surface area contributed by atoms with Crippen LogP contribution in [0.3, 0.4) is 0 Å². The van der Waals surface area contributed by atoms with Gasteiger partial charge in [0, 0.05) is 54.5 Å². The van der Waals surface area contributed by atoms with E-state index in [9.17, 15) is 31.9 Å². The van der Waals surface area contributed by atoms with E-state index in [1.807, 2.05) is 4.90 Å². The fourth-order valence-electron chi connectivity index (χ4n) is 7.27. The molecule has 2 aromatic heterocycles. The molecular formula is C34H28ClF6N5O4. The molecule has 3 fully saturated rings. The van der Waals surface area contributed by atoms with Crippen molar-refractivity contribution >= 4 is 45.1 Å². The third-order valence-corrected chi connectivity index (χ3v) is 10.3. The number of carbonyl (C=O) groups excluding carboxylic acids is 1. The van der Waals surface area contributed by atoms with Gasteiger partial charge >= 0.3 is 18.2 Å². The summed E-state index contributed by atoms with van der Waals surface area (Å²) in [6, 6.07) is 3.89. The quantitative estimate of drug-likeness (QED) is 0.0825. The summed E-state index contributed by atoms with van der Waals surface area (Å²) in [5.74, 6) is -2.55. The molecule has 0 amide bonds. The van der Waals surface area contributed by atoms with Crippen molar-refractivity contribution in [1.82, 2.24) is 19.9 Å². The number of nitrogens with zero attached hydrogens (tertiary/aromatic N) is 5. The largest absolute Gasteiger partial charge is 0.491 e. The molecule has 0 unspecified atom stereocenters. The van der Waals surface area contributed by atoms with Gasteiger partial charge in [-0.15, -0.1) is 18.0 Å². The molecule has 3 saturated heterocycles. The van der Waals surface area contributed by atoms with Gasteiger partial charge in [0.2, 0.25) is 0 Å². The lowest BCUT2D eigenvalue weighted by Gasteiger charge is -2.49. The SMILES string of the molecule is C#Cc1c(F)ccc2cc(OC(=O)C(F)(F)F)cc(-c3ncc4c(N5CC(CO)(CCl)C5)nc(OC[C@@]56CCCN5C[C@H](F)C6)nc4c3F)c12. The van der Waals surface area contributed by atoms with E-state index in [-0.39, 0.29) is 89.8 Å². The first-order valence-corrected chi connectivity index (χ1v) is 16.2. The predicted octanol–water partition coefficient (Wildman–Crippen LogP) is 5.56. The van der Waals surface area contributed by atoms with Crippen LogP contribution in [0.25, 0.3) is 32.9 Å². The summed E-state index contributed by atoms with van der Waals surface area (Å²) in [5.41, 5.74) is -2.61. The summed E-state index contributed by atoms with van der Waals surface area (Å²) >= 11 is 6.13. The standard InChI is InChI=1S/C34H28ClF6N5O4/c1-2-21-24(37)5-4-18-8-20(50-30(48)34(39,40)41)9-22(25(18)21)27-26(38)28-23(11-42-27)29(45-14-32(13-35,15-45)16-47)44-31(43-28)49-17-33-6-3-7-46(33)12-19(36)10-33/h1,4-5,8-9,11,19,47H,3,6-7,10,12-17H2/t19-,33+/m1/s1. The zero-order valence-electron chi connectivity index (χ0n) is 26.2. The zero-order chi connectivity index (χ0) is 35.6. The maximum absolute atomic E-state index is 16.9. The maximum atomic E-state index is 16.9. The van der Waals surface area contributed by atoms with E-state index in [0.29, 0.717) is 13.0 Å². The number of aliphatic hydroxyl groups excluding tert-OH is 1. The molecule has 1 N–H and O–H groups in total. The van der Waals surface area contributed by atoms with Crippen LogP contribution in [-0.2, 0) is 4.79 Å². The van der Waals surface area contributed by atoms with Crippen LogP contribution in [0.4, 0.5) is 32.2 Å². The summed E-state index contributed by atoms with van der Waals surface area (Å²) in [7, 11) is 0. The van der Waals surface area contributed by atoms with Crippen LogP contribution in [0.2, 0.25) is 0 Å². The van der Waals surface area contributed by atoms with Crippen molar-refractivity contribution < 1.29 is 45.7 Å². The second kappa shape index (κ2) is 12.4. The lowest BCUT2D eigenvalue weighted by Crippen LogP contribution is -2.60. The smallest absolute Gasteiger partial charge is 0.461 e. The van der Waals surface area contributed by atoms with Crippen molar-refractivity contribution in [3.05, 3.63) is 47.7 Å². The van der Waals surface area contributed by atoms with E-state index < -0.39 is 52.3 Å². The molecule has 3 aliphatic heterocycles. The van der Waals surface area contributed by atoms with E-state index in [0.717, 1.165) is 24.6 Å². The average Bonchev–Trinajstić information content (AvgIpc) is 3.59. The van der Waals surface area contributed by atoms with Gasteiger partial charge in [-0.3, -0.25) is 9.88 Å². The molecule has 0 radical (unpaired) electrons. The fourth-order valence-corrected chi connectivity index (χ4v) is 7.52. The summed E-state index contributed by atoms with van der Waals surface area (Å²) in [4.78, 5) is 28.7. The van der Waals surface area contributed by atoms with Crippen molar-refractivity contribution in [1.29, 1.82) is 0 Å². The Balaban J connectivity index is 1.38. The number of fused-ring (bicyclic) bond motifs is 3. The highest BCUT2D eigenvalue weighted by atomic mass is 35.5. The molecule has 262 valence electrons. The van der Waals surface area contributed by atoms with Crippen LogP contribution in [0.15, 0.2) is 30.5 Å². The summed E-state index contributed by atoms with van der Waals surface area (Å²) in [6.45, 7) is 1.31. The number of hydrogen-bond acceptors (Lipinski definition) is 9. The van der Waals surface area contributed by atoms with Gasteiger partial charge in [0.05, 0.1) is 23.1 Å². The monoisotopic (exact) mass is 719 g/mol. The molecule has 7 rings (SSSR count). The fraction of sp³-hybridized carbons (Fsp3) is 0.412. The van der Waals surface area contributed by atoms with Crippen LogP contribution in [0.5, 0.6) is 11.8 Å². The highest BCUT2D eigenvalue weighted by molar-refractivity contribution is 6.18. The number of terminal acetylenes is 1. The Labute approximate surface area is 286 Å². The average molecular weight is 720 g/mol. The van der Waals surface area contributed by atoms with Crippen LogP contribution < -0.4 is 14.4 Å². The molecule has 5 heterocycles. The molecule has 0 aliphatic carbocycles. The Bertz CT molecular complexity index is 2060. The minimum absolute atomic E-state index is 0.0300. The molecule has 3 aliphatic rings. The number of carbonyl (C=O) groups is 1. The van der Waals surface area contributed by atoms with Crippen molar-refractivity contribution in [3.63, 3.8) is 0 Å². The molecule has 4 aromatic rings.